The van der Waals surface area contributed by atoms with E-state index in [-0.39, 0.29) is 0 Å². The molecular weight excluding hydrogens is 215 g/mol. The number of rotatable bonds is 2. The van der Waals surface area contributed by atoms with Crippen molar-refractivity contribution in [3.8, 4) is 0 Å². The monoisotopic (exact) mass is 219 g/mol. The molecule has 0 saturated carbocycles. The number of nitrogens with zero attached hydrogens (tertiary/aromatic N) is 1. The van der Waals surface area contributed by atoms with Gasteiger partial charge in [-0.2, -0.15) is 8.78 Å². The largest absolute Gasteiger partial charge is 0.315 e. The predicted octanol–water partition coefficient (Wildman–Crippen LogP) is 1.71. The molecule has 0 heterocycles. The van der Waals surface area contributed by atoms with E-state index in [1.165, 1.54) is 0 Å². The second kappa shape index (κ2) is 2.54. The van der Waals surface area contributed by atoms with Crippen LogP contribution in [0.15, 0.2) is 4.99 Å². The first-order valence-corrected chi connectivity index (χ1v) is 2.63. The van der Waals surface area contributed by atoms with Gasteiger partial charge in [0.05, 0.1) is 0 Å². The van der Waals surface area contributed by atoms with Crippen molar-refractivity contribution in [3.05, 3.63) is 0 Å². The number of alkyl halides is 3. The molecule has 0 aliphatic heterocycles. The third-order valence-electron chi connectivity index (χ3n) is 0.291. The molecule has 1 nitrogen and oxygen atoms in total. The smallest absolute Gasteiger partial charge is 0.294 e. The molecule has 4 heteroatoms. The topological polar surface area (TPSA) is 12.4 Å². The zero-order chi connectivity index (χ0) is 5.91. The van der Waals surface area contributed by atoms with Crippen molar-refractivity contribution in [3.63, 3.8) is 0 Å². The zero-order valence-electron chi connectivity index (χ0n) is 3.50. The average molecular weight is 219 g/mol. The highest BCUT2D eigenvalue weighted by molar-refractivity contribution is 14.1. The van der Waals surface area contributed by atoms with Crippen LogP contribution in [0.4, 0.5) is 8.78 Å². The minimum absolute atomic E-state index is 0.493. The molecule has 0 bridgehead atoms. The van der Waals surface area contributed by atoms with Crippen LogP contribution in [0.25, 0.3) is 0 Å². The third-order valence-corrected chi connectivity index (χ3v) is 0.632. The molecule has 0 aliphatic carbocycles. The maximum atomic E-state index is 11.6. The van der Waals surface area contributed by atoms with Crippen LogP contribution in [-0.4, -0.2) is 17.2 Å². The minimum atomic E-state index is -2.71. The minimum Gasteiger partial charge on any atom is -0.294 e. The average Bonchev–Trinajstić information content (AvgIpc) is 1.30. The van der Waals surface area contributed by atoms with Gasteiger partial charge >= 0.3 is 3.93 Å². The van der Waals surface area contributed by atoms with Crippen LogP contribution in [0, 0.1) is 0 Å². The van der Waals surface area contributed by atoms with Gasteiger partial charge in [-0.05, 0) is 6.72 Å². The molecule has 0 fully saturated rings. The van der Waals surface area contributed by atoms with E-state index in [9.17, 15) is 8.78 Å². The zero-order valence-corrected chi connectivity index (χ0v) is 5.65. The Kier molecular flexibility index (Phi) is 2.63. The Labute approximate surface area is 54.0 Å². The predicted molar refractivity (Wildman–Crippen MR) is 33.4 cm³/mol. The third kappa shape index (κ3) is 6.26. The van der Waals surface area contributed by atoms with Gasteiger partial charge in [0, 0.05) is 22.6 Å². The van der Waals surface area contributed by atoms with Gasteiger partial charge in [-0.1, -0.05) is 0 Å². The quantitative estimate of drug-likeness (QED) is 0.381. The fourth-order valence-electron chi connectivity index (χ4n) is 0.127. The molecule has 0 saturated heterocycles. The highest BCUT2D eigenvalue weighted by Crippen LogP contribution is 2.21. The Morgan fingerprint density at radius 1 is 1.71 bits per heavy atom. The fourth-order valence-corrected chi connectivity index (χ4v) is 0.368. The Morgan fingerprint density at radius 3 is 2.14 bits per heavy atom. The molecule has 0 unspecified atom stereocenters. The highest BCUT2D eigenvalue weighted by Gasteiger charge is 2.21. The van der Waals surface area contributed by atoms with Crippen molar-refractivity contribution in [2.75, 3.05) is 6.54 Å². The lowest BCUT2D eigenvalue weighted by Crippen LogP contribution is -2.07. The van der Waals surface area contributed by atoms with Crippen LogP contribution in [-0.2, 0) is 0 Å². The van der Waals surface area contributed by atoms with Gasteiger partial charge in [0.15, 0.2) is 0 Å². The first-order chi connectivity index (χ1) is 3.06. The lowest BCUT2D eigenvalue weighted by Gasteiger charge is -2.00. The summed E-state index contributed by atoms with van der Waals surface area (Å²) in [5.74, 6) is 0. The molecule has 42 valence electrons. The van der Waals surface area contributed by atoms with Gasteiger partial charge in [-0.15, -0.1) is 0 Å². The molecule has 0 aromatic rings. The van der Waals surface area contributed by atoms with Crippen LogP contribution in [0.2, 0.25) is 0 Å². The van der Waals surface area contributed by atoms with E-state index in [2.05, 4.69) is 11.7 Å². The van der Waals surface area contributed by atoms with Gasteiger partial charge in [0.25, 0.3) is 0 Å². The van der Waals surface area contributed by atoms with Gasteiger partial charge in [0.1, 0.15) is 6.54 Å². The second-order valence-electron chi connectivity index (χ2n) is 0.997. The molecule has 0 amide bonds. The Balaban J connectivity index is 3.34. The summed E-state index contributed by atoms with van der Waals surface area (Å²) in [6.07, 6.45) is 0. The van der Waals surface area contributed by atoms with Gasteiger partial charge in [-0.3, -0.25) is 4.99 Å². The first-order valence-electron chi connectivity index (χ1n) is 1.55. The van der Waals surface area contributed by atoms with Crippen LogP contribution in [0.1, 0.15) is 0 Å². The molecule has 0 radical (unpaired) electrons. The summed E-state index contributed by atoms with van der Waals surface area (Å²) in [4.78, 5) is 3.00. The van der Waals surface area contributed by atoms with E-state index in [0.717, 1.165) is 22.6 Å². The molecule has 0 atom stereocenters. The van der Waals surface area contributed by atoms with Crippen LogP contribution in [0.5, 0.6) is 0 Å². The van der Waals surface area contributed by atoms with Crippen LogP contribution >= 0.6 is 22.6 Å². The van der Waals surface area contributed by atoms with Crippen molar-refractivity contribution in [2.24, 2.45) is 4.99 Å². The van der Waals surface area contributed by atoms with Crippen molar-refractivity contribution >= 4 is 29.3 Å². The SMILES string of the molecule is C=NCC(F)(F)I. The molecular formula is C3H4F2IN. The summed E-state index contributed by atoms with van der Waals surface area (Å²) in [5, 5.41) is 0. The van der Waals surface area contributed by atoms with Gasteiger partial charge in [0.2, 0.25) is 0 Å². The van der Waals surface area contributed by atoms with Crippen LogP contribution < -0.4 is 0 Å². The number of aliphatic imine (C=N–C) groups is 1. The van der Waals surface area contributed by atoms with E-state index in [4.69, 9.17) is 0 Å². The molecule has 0 aromatic heterocycles. The van der Waals surface area contributed by atoms with Crippen molar-refractivity contribution in [1.82, 2.24) is 0 Å². The summed E-state index contributed by atoms with van der Waals surface area (Å²) >= 11 is 1.01. The van der Waals surface area contributed by atoms with E-state index >= 15 is 0 Å². The normalized spacial score (nSPS) is 11.3. The maximum Gasteiger partial charge on any atom is 0.315 e. The summed E-state index contributed by atoms with van der Waals surface area (Å²) in [5.41, 5.74) is 0. The Morgan fingerprint density at radius 2 is 2.14 bits per heavy atom. The lowest BCUT2D eigenvalue weighted by atomic mass is 10.7. The lowest BCUT2D eigenvalue weighted by molar-refractivity contribution is 0.138. The summed E-state index contributed by atoms with van der Waals surface area (Å²) in [6.45, 7) is 2.42. The van der Waals surface area contributed by atoms with Gasteiger partial charge in [-0.25, -0.2) is 0 Å². The van der Waals surface area contributed by atoms with Gasteiger partial charge < -0.3 is 0 Å². The van der Waals surface area contributed by atoms with Crippen molar-refractivity contribution in [2.45, 2.75) is 3.93 Å². The number of halogens is 3. The van der Waals surface area contributed by atoms with E-state index < -0.39 is 10.5 Å². The first kappa shape index (κ1) is 7.26. The summed E-state index contributed by atoms with van der Waals surface area (Å²) in [7, 11) is 0. The number of hydrogen-bond donors (Lipinski definition) is 0. The Hall–Kier alpha value is 0.260. The van der Waals surface area contributed by atoms with Crippen molar-refractivity contribution in [1.29, 1.82) is 0 Å². The van der Waals surface area contributed by atoms with E-state index in [0.29, 0.717) is 0 Å². The number of hydrogen-bond acceptors (Lipinski definition) is 1. The van der Waals surface area contributed by atoms with E-state index in [1.54, 1.807) is 0 Å². The highest BCUT2D eigenvalue weighted by atomic mass is 127. The molecule has 0 rings (SSSR count). The molecule has 7 heavy (non-hydrogen) atoms. The standard InChI is InChI=1S/C3H4F2IN/c1-7-2-3(4,5)6/h1-2H2. The van der Waals surface area contributed by atoms with Crippen molar-refractivity contribution < 1.29 is 8.78 Å². The second-order valence-corrected chi connectivity index (χ2v) is 2.58. The summed E-state index contributed by atoms with van der Waals surface area (Å²) < 4.78 is 20.4. The Bertz CT molecular complexity index is 67.8. The van der Waals surface area contributed by atoms with Crippen LogP contribution in [0.3, 0.4) is 0 Å². The summed E-state index contributed by atoms with van der Waals surface area (Å²) in [6, 6.07) is 0. The maximum absolute atomic E-state index is 11.6. The molecule has 0 spiro atoms. The molecule has 0 aliphatic rings. The molecule has 0 aromatic carbocycles. The van der Waals surface area contributed by atoms with E-state index in [1.807, 2.05) is 0 Å². The fraction of sp³-hybridized carbons (Fsp3) is 0.667. The molecule has 0 N–H and O–H groups in total.